The third-order valence-electron chi connectivity index (χ3n) is 6.10. The van der Waals surface area contributed by atoms with Crippen molar-refractivity contribution in [3.63, 3.8) is 0 Å². The number of methoxy groups -OCH3 is 1. The fourth-order valence-corrected chi connectivity index (χ4v) is 4.49. The number of benzene rings is 3. The van der Waals surface area contributed by atoms with Gasteiger partial charge in [0.1, 0.15) is 5.75 Å². The zero-order chi connectivity index (χ0) is 22.9. The van der Waals surface area contributed by atoms with Gasteiger partial charge in [-0.05, 0) is 59.7 Å². The molecule has 0 spiro atoms. The van der Waals surface area contributed by atoms with E-state index in [1.165, 1.54) is 0 Å². The molecule has 0 bridgehead atoms. The number of ether oxygens (including phenoxy) is 1. The largest absolute Gasteiger partial charge is 0.497 e. The molecule has 2 atom stereocenters. The lowest BCUT2D eigenvalue weighted by Crippen LogP contribution is -2.35. The summed E-state index contributed by atoms with van der Waals surface area (Å²) in [4.78, 5) is 25.9. The zero-order valence-corrected chi connectivity index (χ0v) is 18.7. The fraction of sp³-hybridized carbons (Fsp3) is 0.200. The maximum Gasteiger partial charge on any atom is 0.251 e. The summed E-state index contributed by atoms with van der Waals surface area (Å²) in [6.07, 6.45) is 0. The molecule has 8 heteroatoms. The van der Waals surface area contributed by atoms with Crippen LogP contribution in [-0.2, 0) is 11.3 Å². The van der Waals surface area contributed by atoms with Crippen molar-refractivity contribution in [3.05, 3.63) is 88.4 Å². The van der Waals surface area contributed by atoms with Gasteiger partial charge in [0.15, 0.2) is 0 Å². The molecule has 3 aromatic rings. The lowest BCUT2D eigenvalue weighted by molar-refractivity contribution is -0.120. The molecule has 0 aromatic heterocycles. The van der Waals surface area contributed by atoms with Crippen LogP contribution in [0.3, 0.4) is 0 Å². The van der Waals surface area contributed by atoms with E-state index in [4.69, 9.17) is 16.3 Å². The van der Waals surface area contributed by atoms with E-state index in [0.717, 1.165) is 28.3 Å². The molecule has 1 saturated heterocycles. The van der Waals surface area contributed by atoms with Gasteiger partial charge in [-0.15, -0.1) is 0 Å². The first kappa shape index (κ1) is 21.3. The molecule has 3 N–H and O–H groups in total. The van der Waals surface area contributed by atoms with Crippen molar-refractivity contribution >= 4 is 34.8 Å². The molecule has 7 nitrogen and oxygen atoms in total. The minimum atomic E-state index is -0.277. The van der Waals surface area contributed by atoms with E-state index in [2.05, 4.69) is 16.1 Å². The van der Waals surface area contributed by atoms with E-state index in [9.17, 15) is 9.59 Å². The first-order valence-corrected chi connectivity index (χ1v) is 11.1. The molecule has 168 valence electrons. The summed E-state index contributed by atoms with van der Waals surface area (Å²) in [7, 11) is 1.60. The number of hydrazine groups is 1. The van der Waals surface area contributed by atoms with E-state index >= 15 is 0 Å². The van der Waals surface area contributed by atoms with Crippen LogP contribution in [0.25, 0.3) is 0 Å². The van der Waals surface area contributed by atoms with Crippen LogP contribution < -0.4 is 25.8 Å². The van der Waals surface area contributed by atoms with Gasteiger partial charge in [-0.3, -0.25) is 9.59 Å². The van der Waals surface area contributed by atoms with Crippen LogP contribution in [-0.4, -0.2) is 25.5 Å². The first-order valence-electron chi connectivity index (χ1n) is 10.7. The van der Waals surface area contributed by atoms with Crippen molar-refractivity contribution in [2.24, 2.45) is 5.92 Å². The van der Waals surface area contributed by atoms with E-state index in [1.807, 2.05) is 54.6 Å². The van der Waals surface area contributed by atoms with Gasteiger partial charge in [0, 0.05) is 29.4 Å². The topological polar surface area (TPSA) is 82.7 Å². The Morgan fingerprint density at radius 3 is 2.70 bits per heavy atom. The van der Waals surface area contributed by atoms with Crippen LogP contribution >= 0.6 is 11.6 Å². The lowest BCUT2D eigenvalue weighted by atomic mass is 9.88. The Bertz CT molecular complexity index is 1210. The number of nitrogens with one attached hydrogen (secondary N) is 3. The molecule has 5 rings (SSSR count). The maximum absolute atomic E-state index is 13.1. The Morgan fingerprint density at radius 1 is 1.15 bits per heavy atom. The van der Waals surface area contributed by atoms with Crippen molar-refractivity contribution in [3.8, 4) is 5.75 Å². The van der Waals surface area contributed by atoms with Crippen molar-refractivity contribution in [1.29, 1.82) is 0 Å². The molecular formula is C25H23ClN4O3. The number of anilines is 2. The van der Waals surface area contributed by atoms with Crippen molar-refractivity contribution in [1.82, 2.24) is 10.7 Å². The van der Waals surface area contributed by atoms with Crippen LogP contribution in [0, 0.1) is 5.92 Å². The van der Waals surface area contributed by atoms with Crippen LogP contribution in [0.1, 0.15) is 27.5 Å². The van der Waals surface area contributed by atoms with Crippen LogP contribution in [0.15, 0.2) is 66.7 Å². The molecule has 2 amide bonds. The summed E-state index contributed by atoms with van der Waals surface area (Å²) >= 11 is 6.19. The number of fused-ring (bicyclic) bond motifs is 3. The highest BCUT2D eigenvalue weighted by Crippen LogP contribution is 2.40. The predicted molar refractivity (Wildman–Crippen MR) is 127 cm³/mol. The average molecular weight is 463 g/mol. The van der Waals surface area contributed by atoms with E-state index in [1.54, 1.807) is 24.3 Å². The van der Waals surface area contributed by atoms with Crippen molar-refractivity contribution in [2.45, 2.75) is 12.6 Å². The molecule has 33 heavy (non-hydrogen) atoms. The van der Waals surface area contributed by atoms with Gasteiger partial charge in [-0.25, -0.2) is 10.4 Å². The Morgan fingerprint density at radius 2 is 1.94 bits per heavy atom. The summed E-state index contributed by atoms with van der Waals surface area (Å²) in [5.41, 5.74) is 7.26. The highest BCUT2D eigenvalue weighted by Gasteiger charge is 2.44. The molecule has 2 aliphatic rings. The molecule has 0 saturated carbocycles. The summed E-state index contributed by atoms with van der Waals surface area (Å²) in [6.45, 7) is 0.857. The lowest BCUT2D eigenvalue weighted by Gasteiger charge is -2.27. The monoisotopic (exact) mass is 462 g/mol. The highest BCUT2D eigenvalue weighted by molar-refractivity contribution is 6.31. The zero-order valence-electron chi connectivity index (χ0n) is 18.0. The van der Waals surface area contributed by atoms with Crippen LogP contribution in [0.4, 0.5) is 11.4 Å². The van der Waals surface area contributed by atoms with E-state index in [0.29, 0.717) is 23.7 Å². The summed E-state index contributed by atoms with van der Waals surface area (Å²) in [5.74, 6) is 0.233. The predicted octanol–water partition coefficient (Wildman–Crippen LogP) is 3.91. The Kier molecular flexibility index (Phi) is 5.66. The molecule has 2 unspecified atom stereocenters. The highest BCUT2D eigenvalue weighted by atomic mass is 35.5. The Balaban J connectivity index is 1.36. The molecule has 0 radical (unpaired) electrons. The maximum atomic E-state index is 13.1. The Labute approximate surface area is 196 Å². The third kappa shape index (κ3) is 4.01. The van der Waals surface area contributed by atoms with E-state index in [-0.39, 0.29) is 23.8 Å². The molecule has 3 aromatic carbocycles. The number of rotatable bonds is 5. The second kappa shape index (κ2) is 8.77. The second-order valence-electron chi connectivity index (χ2n) is 8.04. The molecule has 2 aliphatic heterocycles. The first-order chi connectivity index (χ1) is 16.0. The number of carbonyl (C=O) groups is 2. The average Bonchev–Trinajstić information content (AvgIpc) is 3.20. The molecule has 0 aliphatic carbocycles. The number of nitrogens with zero attached hydrogens (tertiary/aromatic N) is 1. The normalized spacial score (nSPS) is 18.8. The molecule has 2 heterocycles. The number of hydrogen-bond donors (Lipinski definition) is 3. The van der Waals surface area contributed by atoms with Crippen molar-refractivity contribution < 1.29 is 14.3 Å². The number of halogens is 1. The fourth-order valence-electron chi connectivity index (χ4n) is 4.29. The van der Waals surface area contributed by atoms with Gasteiger partial charge >= 0.3 is 0 Å². The standard InChI is InChI=1S/C25H23ClN4O3/c1-33-18-9-7-17(8-10-18)30-25(32)20-14-27-22-11-6-15(12-19(22)23(20)29-30)24(31)28-13-16-4-2-3-5-21(16)26/h2-12,20,23,27,29H,13-14H2,1H3,(H,28,31). The summed E-state index contributed by atoms with van der Waals surface area (Å²) in [6, 6.07) is 20.0. The molecule has 1 fully saturated rings. The number of amides is 2. The van der Waals surface area contributed by atoms with Gasteiger partial charge in [0.05, 0.1) is 24.8 Å². The van der Waals surface area contributed by atoms with Gasteiger partial charge < -0.3 is 15.4 Å². The van der Waals surface area contributed by atoms with Gasteiger partial charge in [0.2, 0.25) is 5.91 Å². The molecular weight excluding hydrogens is 440 g/mol. The minimum Gasteiger partial charge on any atom is -0.497 e. The Hall–Kier alpha value is -3.55. The smallest absolute Gasteiger partial charge is 0.251 e. The van der Waals surface area contributed by atoms with Crippen molar-refractivity contribution in [2.75, 3.05) is 24.0 Å². The van der Waals surface area contributed by atoms with Crippen LogP contribution in [0.5, 0.6) is 5.75 Å². The van der Waals surface area contributed by atoms with Gasteiger partial charge in [-0.1, -0.05) is 29.8 Å². The SMILES string of the molecule is COc1ccc(N2NC3c4cc(C(=O)NCc5ccccc5Cl)ccc4NCC3C2=O)cc1. The van der Waals surface area contributed by atoms with Gasteiger partial charge in [0.25, 0.3) is 5.91 Å². The van der Waals surface area contributed by atoms with Crippen LogP contribution in [0.2, 0.25) is 5.02 Å². The number of carbonyl (C=O) groups excluding carboxylic acids is 2. The second-order valence-corrected chi connectivity index (χ2v) is 8.45. The number of hydrogen-bond acceptors (Lipinski definition) is 5. The summed E-state index contributed by atoms with van der Waals surface area (Å²) < 4.78 is 5.21. The minimum absolute atomic E-state index is 0.0168. The quantitative estimate of drug-likeness (QED) is 0.535. The van der Waals surface area contributed by atoms with E-state index < -0.39 is 0 Å². The third-order valence-corrected chi connectivity index (χ3v) is 6.47. The van der Waals surface area contributed by atoms with Gasteiger partial charge in [-0.2, -0.15) is 0 Å². The summed E-state index contributed by atoms with van der Waals surface area (Å²) in [5, 5.41) is 8.45.